The minimum absolute atomic E-state index is 0.565. The van der Waals surface area contributed by atoms with Crippen LogP contribution in [-0.2, 0) is 10.2 Å². The number of aryl methyl sites for hydroxylation is 1. The first-order chi connectivity index (χ1) is 9.05. The van der Waals surface area contributed by atoms with E-state index in [4.69, 9.17) is 5.11 Å². The first-order valence-electron chi connectivity index (χ1n) is 6.15. The van der Waals surface area contributed by atoms with Crippen molar-refractivity contribution in [2.45, 2.75) is 38.5 Å². The summed E-state index contributed by atoms with van der Waals surface area (Å²) >= 11 is 0. The molecular weight excluding hydrogens is 271 g/mol. The third kappa shape index (κ3) is 3.96. The summed E-state index contributed by atoms with van der Waals surface area (Å²) in [4.78, 5) is 12.0. The van der Waals surface area contributed by atoms with Crippen LogP contribution in [0.15, 0.2) is 24.3 Å². The van der Waals surface area contributed by atoms with Crippen LogP contribution in [0.4, 0.5) is 13.2 Å². The molecule has 0 fully saturated rings. The van der Waals surface area contributed by atoms with Crippen molar-refractivity contribution in [3.05, 3.63) is 35.4 Å². The van der Waals surface area contributed by atoms with Gasteiger partial charge in [0.05, 0.1) is 12.0 Å². The molecule has 0 saturated heterocycles. The van der Waals surface area contributed by atoms with Gasteiger partial charge in [-0.15, -0.1) is 0 Å². The van der Waals surface area contributed by atoms with Crippen molar-refractivity contribution >= 4 is 5.91 Å². The van der Waals surface area contributed by atoms with E-state index in [0.29, 0.717) is 5.56 Å². The Labute approximate surface area is 115 Å². The van der Waals surface area contributed by atoms with Crippen molar-refractivity contribution < 1.29 is 23.1 Å². The number of carbonyl (C=O) groups excluding carboxylic acids is 1. The van der Waals surface area contributed by atoms with Gasteiger partial charge in [0.1, 0.15) is 0 Å². The molecule has 0 bridgehead atoms. The van der Waals surface area contributed by atoms with Crippen LogP contribution in [-0.4, -0.2) is 29.8 Å². The number of nitrogens with one attached hydrogen (secondary N) is 1. The highest BCUT2D eigenvalue weighted by atomic mass is 19.4. The normalized spacial score (nSPS) is 13.9. The highest BCUT2D eigenvalue weighted by molar-refractivity contribution is 5.87. The number of benzene rings is 1. The highest BCUT2D eigenvalue weighted by Crippen LogP contribution is 2.24. The van der Waals surface area contributed by atoms with Gasteiger partial charge < -0.3 is 10.4 Å². The molecule has 112 valence electrons. The maximum atomic E-state index is 12.2. The molecule has 0 aliphatic carbocycles. The lowest BCUT2D eigenvalue weighted by Crippen LogP contribution is -2.46. The van der Waals surface area contributed by atoms with E-state index in [1.54, 1.807) is 26.0 Å². The summed E-state index contributed by atoms with van der Waals surface area (Å²) in [7, 11) is 0. The topological polar surface area (TPSA) is 49.3 Å². The summed E-state index contributed by atoms with van der Waals surface area (Å²) in [5, 5.41) is 11.0. The Morgan fingerprint density at radius 3 is 2.20 bits per heavy atom. The molecule has 6 heteroatoms. The van der Waals surface area contributed by atoms with Gasteiger partial charge in [-0.2, -0.15) is 13.2 Å². The molecule has 1 aromatic carbocycles. The molecule has 0 spiro atoms. The van der Waals surface area contributed by atoms with Crippen LogP contribution in [0, 0.1) is 6.92 Å². The fraction of sp³-hybridized carbons (Fsp3) is 0.500. The number of aliphatic hydroxyl groups is 1. The number of aliphatic hydroxyl groups excluding tert-OH is 1. The third-order valence-electron chi connectivity index (χ3n) is 3.17. The molecule has 0 aliphatic heterocycles. The Balaban J connectivity index is 2.73. The van der Waals surface area contributed by atoms with Crippen LogP contribution < -0.4 is 5.32 Å². The molecule has 3 nitrogen and oxygen atoms in total. The smallest absolute Gasteiger partial charge is 0.382 e. The summed E-state index contributed by atoms with van der Waals surface area (Å²) in [6.45, 7) is 4.29. The van der Waals surface area contributed by atoms with Crippen molar-refractivity contribution in [1.82, 2.24) is 5.32 Å². The summed E-state index contributed by atoms with van der Waals surface area (Å²) in [5.41, 5.74) is 0.749. The zero-order valence-corrected chi connectivity index (χ0v) is 11.6. The van der Waals surface area contributed by atoms with Crippen molar-refractivity contribution in [1.29, 1.82) is 0 Å². The average molecular weight is 289 g/mol. The molecule has 0 radical (unpaired) electrons. The van der Waals surface area contributed by atoms with Crippen LogP contribution in [0.3, 0.4) is 0 Å². The number of alkyl halides is 3. The predicted octanol–water partition coefficient (Wildman–Crippen LogP) is 2.31. The second-order valence-electron chi connectivity index (χ2n) is 5.26. The zero-order valence-electron chi connectivity index (χ0n) is 11.6. The monoisotopic (exact) mass is 289 g/mol. The van der Waals surface area contributed by atoms with Crippen molar-refractivity contribution in [2.75, 3.05) is 6.54 Å². The zero-order chi connectivity index (χ0) is 15.6. The van der Waals surface area contributed by atoms with E-state index in [-0.39, 0.29) is 0 Å². The van der Waals surface area contributed by atoms with E-state index >= 15 is 0 Å². The largest absolute Gasteiger partial charge is 0.416 e. The quantitative estimate of drug-likeness (QED) is 0.893. The van der Waals surface area contributed by atoms with E-state index < -0.39 is 30.1 Å². The Bertz CT molecular complexity index is 466. The molecule has 1 atom stereocenters. The van der Waals surface area contributed by atoms with E-state index in [9.17, 15) is 18.0 Å². The van der Waals surface area contributed by atoms with Gasteiger partial charge in [-0.05, 0) is 26.3 Å². The van der Waals surface area contributed by atoms with E-state index in [1.807, 2.05) is 19.1 Å². The number of rotatable bonds is 4. The lowest BCUT2D eigenvalue weighted by Gasteiger charge is -2.25. The Morgan fingerprint density at radius 2 is 1.75 bits per heavy atom. The lowest BCUT2D eigenvalue weighted by atomic mass is 9.83. The van der Waals surface area contributed by atoms with Gasteiger partial charge >= 0.3 is 6.18 Å². The first kappa shape index (κ1) is 16.5. The number of carbonyl (C=O) groups is 1. The molecule has 0 aromatic heterocycles. The van der Waals surface area contributed by atoms with E-state index in [2.05, 4.69) is 5.32 Å². The van der Waals surface area contributed by atoms with Crippen molar-refractivity contribution in [2.24, 2.45) is 0 Å². The third-order valence-corrected chi connectivity index (χ3v) is 3.17. The molecule has 0 unspecified atom stereocenters. The number of amides is 1. The second-order valence-corrected chi connectivity index (χ2v) is 5.26. The fourth-order valence-corrected chi connectivity index (χ4v) is 1.63. The predicted molar refractivity (Wildman–Crippen MR) is 69.3 cm³/mol. The maximum absolute atomic E-state index is 12.2. The molecule has 0 saturated carbocycles. The molecule has 0 heterocycles. The molecule has 1 rings (SSSR count). The Morgan fingerprint density at radius 1 is 1.25 bits per heavy atom. The Hall–Kier alpha value is -1.56. The van der Waals surface area contributed by atoms with Gasteiger partial charge in [-0.25, -0.2) is 0 Å². The van der Waals surface area contributed by atoms with Gasteiger partial charge in [-0.1, -0.05) is 29.8 Å². The summed E-state index contributed by atoms with van der Waals surface area (Å²) in [6.07, 6.45) is -7.29. The first-order valence-corrected chi connectivity index (χ1v) is 6.15. The standard InChI is InChI=1S/C14H18F3NO2/c1-9-4-6-10(7-5-9)13(2,3)12(20)18-8-11(19)14(15,16)17/h4-7,11,19H,8H2,1-3H3,(H,18,20)/t11-/m1/s1. The van der Waals surface area contributed by atoms with Gasteiger partial charge in [0.25, 0.3) is 0 Å². The van der Waals surface area contributed by atoms with Crippen LogP contribution in [0.1, 0.15) is 25.0 Å². The SMILES string of the molecule is Cc1ccc(C(C)(C)C(=O)NC[C@@H](O)C(F)(F)F)cc1. The van der Waals surface area contributed by atoms with Crippen LogP contribution in [0.2, 0.25) is 0 Å². The number of hydrogen-bond donors (Lipinski definition) is 2. The molecule has 2 N–H and O–H groups in total. The molecule has 0 aliphatic rings. The lowest BCUT2D eigenvalue weighted by molar-refractivity contribution is -0.202. The molecular formula is C14H18F3NO2. The summed E-state index contributed by atoms with van der Waals surface area (Å²) < 4.78 is 36.5. The van der Waals surface area contributed by atoms with Gasteiger partial charge in [0, 0.05) is 0 Å². The van der Waals surface area contributed by atoms with E-state index in [1.165, 1.54) is 0 Å². The fourth-order valence-electron chi connectivity index (χ4n) is 1.63. The molecule has 20 heavy (non-hydrogen) atoms. The van der Waals surface area contributed by atoms with Gasteiger partial charge in [0.15, 0.2) is 6.10 Å². The highest BCUT2D eigenvalue weighted by Gasteiger charge is 2.39. The second kappa shape index (κ2) is 5.83. The van der Waals surface area contributed by atoms with Crippen molar-refractivity contribution in [3.8, 4) is 0 Å². The van der Waals surface area contributed by atoms with Crippen LogP contribution >= 0.6 is 0 Å². The summed E-state index contributed by atoms with van der Waals surface area (Å²) in [5.74, 6) is -0.565. The van der Waals surface area contributed by atoms with Gasteiger partial charge in [-0.3, -0.25) is 4.79 Å². The van der Waals surface area contributed by atoms with E-state index in [0.717, 1.165) is 5.56 Å². The number of halogens is 3. The summed E-state index contributed by atoms with van der Waals surface area (Å²) in [6, 6.07) is 7.17. The molecule has 1 amide bonds. The average Bonchev–Trinajstić information content (AvgIpc) is 2.34. The van der Waals surface area contributed by atoms with Gasteiger partial charge in [0.2, 0.25) is 5.91 Å². The van der Waals surface area contributed by atoms with Crippen molar-refractivity contribution in [3.63, 3.8) is 0 Å². The maximum Gasteiger partial charge on any atom is 0.416 e. The minimum Gasteiger partial charge on any atom is -0.382 e. The molecule has 1 aromatic rings. The van der Waals surface area contributed by atoms with Crippen LogP contribution in [0.25, 0.3) is 0 Å². The Kier molecular flexibility index (Phi) is 4.81. The number of hydrogen-bond acceptors (Lipinski definition) is 2. The minimum atomic E-state index is -4.73. The van der Waals surface area contributed by atoms with Crippen LogP contribution in [0.5, 0.6) is 0 Å².